The normalized spacial score (nSPS) is 22.4. The van der Waals surface area contributed by atoms with Crippen molar-refractivity contribution in [3.63, 3.8) is 0 Å². The molecular formula is C52H59N3O2. The number of aliphatic imine (C=N–C) groups is 1. The number of aromatic nitrogens is 2. The number of rotatable bonds is 3. The number of nitrogens with zero attached hydrogens (tertiary/aromatic N) is 3. The van der Waals surface area contributed by atoms with Gasteiger partial charge in [-0.3, -0.25) is 4.57 Å². The van der Waals surface area contributed by atoms with Gasteiger partial charge in [-0.1, -0.05) is 100 Å². The van der Waals surface area contributed by atoms with Crippen LogP contribution in [0.3, 0.4) is 0 Å². The second kappa shape index (κ2) is 11.6. The van der Waals surface area contributed by atoms with Crippen LogP contribution in [-0.4, -0.2) is 21.0 Å². The summed E-state index contributed by atoms with van der Waals surface area (Å²) in [7, 11) is 0. The fourth-order valence-corrected chi connectivity index (χ4v) is 9.72. The van der Waals surface area contributed by atoms with Crippen LogP contribution in [0.15, 0.2) is 77.9 Å². The first-order valence-electron chi connectivity index (χ1n) is 21.6. The molecule has 0 spiro atoms. The first kappa shape index (κ1) is 35.3. The Kier molecular flexibility index (Phi) is 7.19. The number of hydrogen-bond donors (Lipinski definition) is 0. The third-order valence-electron chi connectivity index (χ3n) is 13.4. The lowest BCUT2D eigenvalue weighted by molar-refractivity contribution is -0.0673. The number of hydrogen-bond acceptors (Lipinski definition) is 4. The van der Waals surface area contributed by atoms with Crippen LogP contribution >= 0.6 is 0 Å². The minimum absolute atomic E-state index is 0.0294. The third kappa shape index (κ3) is 5.26. The number of benzene rings is 4. The van der Waals surface area contributed by atoms with E-state index in [-0.39, 0.29) is 16.2 Å². The molecule has 2 atom stereocenters. The van der Waals surface area contributed by atoms with E-state index in [1.54, 1.807) is 0 Å². The molecule has 1 aliphatic carbocycles. The molecule has 0 unspecified atom stereocenters. The highest BCUT2D eigenvalue weighted by molar-refractivity contribution is 6.12. The summed E-state index contributed by atoms with van der Waals surface area (Å²) in [6.45, 7) is 32.6. The predicted molar refractivity (Wildman–Crippen MR) is 236 cm³/mol. The van der Waals surface area contributed by atoms with Crippen LogP contribution in [0.25, 0.3) is 27.6 Å². The van der Waals surface area contributed by atoms with Crippen LogP contribution < -0.4 is 4.74 Å². The van der Waals surface area contributed by atoms with Crippen LogP contribution in [-0.2, 0) is 32.9 Å². The van der Waals surface area contributed by atoms with Crippen molar-refractivity contribution in [2.45, 2.75) is 138 Å². The van der Waals surface area contributed by atoms with Crippen LogP contribution in [0.5, 0.6) is 11.5 Å². The van der Waals surface area contributed by atoms with E-state index in [4.69, 9.17) is 19.5 Å². The van der Waals surface area contributed by atoms with Crippen LogP contribution in [0.4, 0.5) is 0 Å². The van der Waals surface area contributed by atoms with Gasteiger partial charge < -0.3 is 9.47 Å². The average molecular weight is 760 g/mol. The molecule has 5 nitrogen and oxygen atoms in total. The van der Waals surface area contributed by atoms with Gasteiger partial charge in [0.15, 0.2) is 0 Å². The van der Waals surface area contributed by atoms with Gasteiger partial charge in [0.1, 0.15) is 28.5 Å². The zero-order valence-electron chi connectivity index (χ0n) is 38.6. The molecule has 9 rings (SSSR count). The van der Waals surface area contributed by atoms with Gasteiger partial charge in [-0.25, -0.2) is 9.98 Å². The van der Waals surface area contributed by atoms with E-state index < -0.39 is 22.9 Å². The van der Waals surface area contributed by atoms with Gasteiger partial charge >= 0.3 is 0 Å². The van der Waals surface area contributed by atoms with Gasteiger partial charge in [0.05, 0.1) is 11.0 Å². The lowest BCUT2D eigenvalue weighted by Crippen LogP contribution is -2.54. The topological polar surface area (TPSA) is 48.6 Å². The maximum atomic E-state index is 9.80. The van der Waals surface area contributed by atoms with Crippen LogP contribution in [0, 0.1) is 26.2 Å². The predicted octanol–water partition coefficient (Wildman–Crippen LogP) is 13.2. The minimum atomic E-state index is -1.82. The van der Waals surface area contributed by atoms with Gasteiger partial charge in [-0.05, 0) is 119 Å². The van der Waals surface area contributed by atoms with Crippen LogP contribution in [0.1, 0.15) is 141 Å². The second-order valence-electron chi connectivity index (χ2n) is 20.9. The van der Waals surface area contributed by atoms with Crippen molar-refractivity contribution < 1.29 is 12.2 Å². The van der Waals surface area contributed by atoms with E-state index in [1.807, 2.05) is 31.3 Å². The molecule has 4 aromatic carbocycles. The van der Waals surface area contributed by atoms with E-state index in [1.165, 1.54) is 33.0 Å². The molecule has 0 N–H and O–H groups in total. The highest BCUT2D eigenvalue weighted by atomic mass is 16.5. The standard InChI is InChI=1S/C52H59N3O2/c1-29-19-33-28-52(49(10,11)12)51(15,40(33)21-30(29)2)54-46(57-52)32-22-34(47(4,5)6)24-36(23-32)56-43-27-42-37(20-31(43)3)38-25-35(48(7,8)9)26-41-44(38)55(42)45-39(50(41,13)14)17-16-18-53-45/h16-27H,28H2,1-15H3/t51-,52-/m1/s1/i28D2. The maximum Gasteiger partial charge on any atom is 0.217 e. The van der Waals surface area contributed by atoms with E-state index in [0.29, 0.717) is 17.2 Å². The van der Waals surface area contributed by atoms with E-state index in [0.717, 1.165) is 50.5 Å². The lowest BCUT2D eigenvalue weighted by atomic mass is 9.66. The molecule has 57 heavy (non-hydrogen) atoms. The summed E-state index contributed by atoms with van der Waals surface area (Å²) in [4.78, 5) is 10.5. The third-order valence-corrected chi connectivity index (χ3v) is 13.4. The van der Waals surface area contributed by atoms with Crippen molar-refractivity contribution in [2.24, 2.45) is 10.4 Å². The van der Waals surface area contributed by atoms with Crippen molar-refractivity contribution in [2.75, 3.05) is 0 Å². The summed E-state index contributed by atoms with van der Waals surface area (Å²) < 4.78 is 36.1. The van der Waals surface area contributed by atoms with Crippen molar-refractivity contribution in [1.82, 2.24) is 9.55 Å². The Balaban J connectivity index is 1.23. The Labute approximate surface area is 342 Å². The lowest BCUT2D eigenvalue weighted by Gasteiger charge is -2.45. The highest BCUT2D eigenvalue weighted by Crippen LogP contribution is 2.61. The number of aryl methyl sites for hydroxylation is 3. The van der Waals surface area contributed by atoms with Gasteiger partial charge in [0.2, 0.25) is 5.90 Å². The fraction of sp³-hybridized carbons (Fsp3) is 0.423. The van der Waals surface area contributed by atoms with Crippen molar-refractivity contribution in [3.8, 4) is 17.3 Å². The Morgan fingerprint density at radius 2 is 1.42 bits per heavy atom. The molecule has 2 aromatic heterocycles. The zero-order chi connectivity index (χ0) is 42.8. The summed E-state index contributed by atoms with van der Waals surface area (Å²) >= 11 is 0. The van der Waals surface area contributed by atoms with Crippen molar-refractivity contribution in [1.29, 1.82) is 0 Å². The summed E-state index contributed by atoms with van der Waals surface area (Å²) in [6, 6.07) is 23.9. The van der Waals surface area contributed by atoms with E-state index in [9.17, 15) is 2.74 Å². The monoisotopic (exact) mass is 759 g/mol. The Bertz CT molecular complexity index is 2840. The van der Waals surface area contributed by atoms with Crippen molar-refractivity contribution >= 4 is 27.7 Å². The van der Waals surface area contributed by atoms with E-state index >= 15 is 0 Å². The molecule has 0 fully saturated rings. The number of ether oxygens (including phenoxy) is 2. The zero-order valence-corrected chi connectivity index (χ0v) is 36.6. The van der Waals surface area contributed by atoms with Gasteiger partial charge in [-0.15, -0.1) is 0 Å². The summed E-state index contributed by atoms with van der Waals surface area (Å²) in [5, 5.41) is 2.41. The Morgan fingerprint density at radius 1 is 0.737 bits per heavy atom. The van der Waals surface area contributed by atoms with Gasteiger partial charge in [-0.2, -0.15) is 0 Å². The molecule has 0 amide bonds. The molecular weight excluding hydrogens is 699 g/mol. The molecule has 6 aromatic rings. The van der Waals surface area contributed by atoms with Gasteiger partial charge in [0.25, 0.3) is 0 Å². The molecule has 0 saturated carbocycles. The molecule has 5 heteroatoms. The average Bonchev–Trinajstić information content (AvgIpc) is 3.68. The number of fused-ring (bicyclic) bond motifs is 8. The summed E-state index contributed by atoms with van der Waals surface area (Å²) in [5.74, 6) is 2.82. The number of pyridine rings is 1. The molecule has 0 radical (unpaired) electrons. The quantitative estimate of drug-likeness (QED) is 0.181. The second-order valence-corrected chi connectivity index (χ2v) is 20.9. The Hall–Kier alpha value is -4.90. The first-order valence-corrected chi connectivity index (χ1v) is 20.6. The van der Waals surface area contributed by atoms with Gasteiger partial charge in [0, 0.05) is 54.1 Å². The molecule has 2 aliphatic heterocycles. The highest BCUT2D eigenvalue weighted by Gasteiger charge is 2.66. The largest absolute Gasteiger partial charge is 0.467 e. The molecule has 4 heterocycles. The van der Waals surface area contributed by atoms with E-state index in [2.05, 4.69) is 150 Å². The minimum Gasteiger partial charge on any atom is -0.467 e. The first-order chi connectivity index (χ1) is 27.2. The molecule has 0 bridgehead atoms. The fourth-order valence-electron chi connectivity index (χ4n) is 9.72. The maximum absolute atomic E-state index is 9.80. The Morgan fingerprint density at radius 3 is 2.11 bits per heavy atom. The molecule has 0 saturated heterocycles. The van der Waals surface area contributed by atoms with Crippen LogP contribution in [0.2, 0.25) is 0 Å². The van der Waals surface area contributed by atoms with Crippen molar-refractivity contribution in [3.05, 3.63) is 129 Å². The summed E-state index contributed by atoms with van der Waals surface area (Å²) in [6.07, 6.45) is 0.0779. The smallest absolute Gasteiger partial charge is 0.217 e. The molecule has 3 aliphatic rings. The SMILES string of the molecule is [2H]C1([2H])c2cc(C)c(C)cc2[C@@]2(C)N=C(c3cc(Oc4cc5c(cc4C)c4cc(C(C)(C)C)cc6c4n5-c4ncccc4C6(C)C)cc(C(C)(C)C)c3)O[C@@]12C(C)(C)C. The molecule has 294 valence electrons. The summed E-state index contributed by atoms with van der Waals surface area (Å²) in [5.41, 5.74) is 9.30.